The van der Waals surface area contributed by atoms with Gasteiger partial charge in [-0.1, -0.05) is 25.2 Å². The summed E-state index contributed by atoms with van der Waals surface area (Å²) in [5.74, 6) is 0. The second kappa shape index (κ2) is 11.2. The Bertz CT molecular complexity index is 200. The number of ether oxygens (including phenoxy) is 3. The van der Waals surface area contributed by atoms with Crippen molar-refractivity contribution in [3.05, 3.63) is 38.0 Å². The van der Waals surface area contributed by atoms with Crippen LogP contribution in [0.2, 0.25) is 0 Å². The van der Waals surface area contributed by atoms with E-state index >= 15 is 0 Å². The zero-order valence-electron chi connectivity index (χ0n) is 11.5. The van der Waals surface area contributed by atoms with Crippen LogP contribution in [0.5, 0.6) is 0 Å². The summed E-state index contributed by atoms with van der Waals surface area (Å²) in [6, 6.07) is 0. The summed E-state index contributed by atoms with van der Waals surface area (Å²) in [4.78, 5) is 0. The Hall–Kier alpha value is -0.900. The highest BCUT2D eigenvalue weighted by molar-refractivity contribution is 4.80. The van der Waals surface area contributed by atoms with Crippen molar-refractivity contribution >= 4 is 0 Å². The first-order valence-electron chi connectivity index (χ1n) is 6.30. The Balaban J connectivity index is 4.32. The minimum Gasteiger partial charge on any atom is -0.377 e. The van der Waals surface area contributed by atoms with Crippen LogP contribution in [-0.2, 0) is 14.2 Å². The molecule has 3 nitrogen and oxygen atoms in total. The van der Waals surface area contributed by atoms with Gasteiger partial charge in [-0.25, -0.2) is 0 Å². The lowest BCUT2D eigenvalue weighted by Gasteiger charge is -2.31. The minimum atomic E-state index is -0.116. The summed E-state index contributed by atoms with van der Waals surface area (Å²) in [5, 5.41) is 0. The molecule has 104 valence electrons. The molecular weight excluding hydrogens is 228 g/mol. The van der Waals surface area contributed by atoms with Gasteiger partial charge in [0, 0.05) is 5.41 Å². The quantitative estimate of drug-likeness (QED) is 0.373. The van der Waals surface area contributed by atoms with Crippen molar-refractivity contribution in [1.29, 1.82) is 0 Å². The molecule has 0 spiro atoms. The van der Waals surface area contributed by atoms with Gasteiger partial charge in [0.05, 0.1) is 39.6 Å². The second-order valence-corrected chi connectivity index (χ2v) is 4.26. The summed E-state index contributed by atoms with van der Waals surface area (Å²) in [6.45, 7) is 16.5. The van der Waals surface area contributed by atoms with E-state index in [-0.39, 0.29) is 5.41 Å². The highest BCUT2D eigenvalue weighted by Crippen LogP contribution is 2.24. The topological polar surface area (TPSA) is 27.7 Å². The molecule has 0 bridgehead atoms. The Morgan fingerprint density at radius 1 is 0.778 bits per heavy atom. The number of hydrogen-bond acceptors (Lipinski definition) is 3. The van der Waals surface area contributed by atoms with Crippen LogP contribution < -0.4 is 0 Å². The zero-order chi connectivity index (χ0) is 13.7. The van der Waals surface area contributed by atoms with Crippen LogP contribution in [0, 0.1) is 5.41 Å². The summed E-state index contributed by atoms with van der Waals surface area (Å²) in [5.41, 5.74) is -0.116. The van der Waals surface area contributed by atoms with E-state index in [0.29, 0.717) is 39.6 Å². The van der Waals surface area contributed by atoms with Gasteiger partial charge in [-0.2, -0.15) is 0 Å². The average Bonchev–Trinajstić information content (AvgIpc) is 2.39. The predicted octanol–water partition coefficient (Wildman–Crippen LogP) is 2.99. The van der Waals surface area contributed by atoms with E-state index in [1.54, 1.807) is 18.2 Å². The molecule has 0 unspecified atom stereocenters. The smallest absolute Gasteiger partial charge is 0.0645 e. The molecule has 0 atom stereocenters. The monoisotopic (exact) mass is 254 g/mol. The lowest BCUT2D eigenvalue weighted by Crippen LogP contribution is -2.37. The van der Waals surface area contributed by atoms with Crippen LogP contribution in [0.4, 0.5) is 0 Å². The van der Waals surface area contributed by atoms with Gasteiger partial charge in [-0.3, -0.25) is 0 Å². The lowest BCUT2D eigenvalue weighted by molar-refractivity contribution is -0.0587. The molecule has 0 fully saturated rings. The molecule has 0 aromatic heterocycles. The zero-order valence-corrected chi connectivity index (χ0v) is 11.5. The van der Waals surface area contributed by atoms with Crippen molar-refractivity contribution in [2.24, 2.45) is 5.41 Å². The average molecular weight is 254 g/mol. The van der Waals surface area contributed by atoms with Gasteiger partial charge in [0.15, 0.2) is 0 Å². The van der Waals surface area contributed by atoms with E-state index in [1.807, 2.05) is 0 Å². The van der Waals surface area contributed by atoms with Crippen molar-refractivity contribution < 1.29 is 14.2 Å². The van der Waals surface area contributed by atoms with E-state index in [0.717, 1.165) is 6.42 Å². The molecule has 0 saturated heterocycles. The molecule has 0 aromatic rings. The van der Waals surface area contributed by atoms with E-state index in [4.69, 9.17) is 14.2 Å². The van der Waals surface area contributed by atoms with Crippen molar-refractivity contribution in [3.8, 4) is 0 Å². The van der Waals surface area contributed by atoms with E-state index in [9.17, 15) is 0 Å². The van der Waals surface area contributed by atoms with Crippen molar-refractivity contribution in [1.82, 2.24) is 0 Å². The van der Waals surface area contributed by atoms with Crippen molar-refractivity contribution in [2.45, 2.75) is 13.3 Å². The summed E-state index contributed by atoms with van der Waals surface area (Å²) in [7, 11) is 0. The fraction of sp³-hybridized carbons (Fsp3) is 0.600. The van der Waals surface area contributed by atoms with Gasteiger partial charge in [0.25, 0.3) is 0 Å². The maximum absolute atomic E-state index is 5.57. The van der Waals surface area contributed by atoms with E-state index in [2.05, 4.69) is 26.7 Å². The summed E-state index contributed by atoms with van der Waals surface area (Å²) in [6.07, 6.45) is 6.17. The molecule has 0 rings (SSSR count). The summed E-state index contributed by atoms with van der Waals surface area (Å²) < 4.78 is 16.7. The van der Waals surface area contributed by atoms with Crippen LogP contribution in [0.1, 0.15) is 13.3 Å². The maximum atomic E-state index is 5.57. The highest BCUT2D eigenvalue weighted by atomic mass is 16.5. The van der Waals surface area contributed by atoms with Crippen molar-refractivity contribution in [2.75, 3.05) is 39.6 Å². The Morgan fingerprint density at radius 3 is 1.33 bits per heavy atom. The first-order valence-corrected chi connectivity index (χ1v) is 6.30. The van der Waals surface area contributed by atoms with Gasteiger partial charge in [-0.05, 0) is 6.42 Å². The molecule has 0 heterocycles. The molecule has 0 amide bonds. The Labute approximate surface area is 111 Å². The molecular formula is C15H26O3. The number of rotatable bonds is 13. The Morgan fingerprint density at radius 2 is 1.11 bits per heavy atom. The molecule has 0 saturated carbocycles. The molecule has 0 aliphatic carbocycles. The third-order valence-electron chi connectivity index (χ3n) is 2.68. The van der Waals surface area contributed by atoms with Gasteiger partial charge in [0.1, 0.15) is 0 Å². The molecule has 0 N–H and O–H groups in total. The Kier molecular flexibility index (Phi) is 10.6. The van der Waals surface area contributed by atoms with Crippen LogP contribution in [0.15, 0.2) is 38.0 Å². The largest absolute Gasteiger partial charge is 0.377 e. The minimum absolute atomic E-state index is 0.116. The number of hydrogen-bond donors (Lipinski definition) is 0. The van der Waals surface area contributed by atoms with Gasteiger partial charge < -0.3 is 14.2 Å². The van der Waals surface area contributed by atoms with Crippen LogP contribution in [0.25, 0.3) is 0 Å². The lowest BCUT2D eigenvalue weighted by atomic mass is 9.88. The SMILES string of the molecule is C=CCOCC(CC)(COCC=C)COCC=C. The molecule has 0 aromatic carbocycles. The van der Waals surface area contributed by atoms with Gasteiger partial charge in [0.2, 0.25) is 0 Å². The first-order chi connectivity index (χ1) is 8.74. The normalized spacial score (nSPS) is 11.2. The van der Waals surface area contributed by atoms with Crippen molar-refractivity contribution in [3.63, 3.8) is 0 Å². The van der Waals surface area contributed by atoms with E-state index in [1.165, 1.54) is 0 Å². The third kappa shape index (κ3) is 7.43. The van der Waals surface area contributed by atoms with Crippen LogP contribution in [-0.4, -0.2) is 39.6 Å². The predicted molar refractivity (Wildman–Crippen MR) is 75.8 cm³/mol. The maximum Gasteiger partial charge on any atom is 0.0645 e. The molecule has 0 radical (unpaired) electrons. The first kappa shape index (κ1) is 17.1. The fourth-order valence-corrected chi connectivity index (χ4v) is 1.51. The van der Waals surface area contributed by atoms with Crippen LogP contribution >= 0.6 is 0 Å². The standard InChI is InChI=1S/C15H26O3/c1-5-9-16-12-15(8-4,13-17-10-6-2)14-18-11-7-3/h5-7H,1-3,8-14H2,4H3. The fourth-order valence-electron chi connectivity index (χ4n) is 1.51. The molecule has 3 heteroatoms. The molecule has 0 aliphatic rings. The molecule has 18 heavy (non-hydrogen) atoms. The molecule has 0 aliphatic heterocycles. The van der Waals surface area contributed by atoms with E-state index < -0.39 is 0 Å². The third-order valence-corrected chi connectivity index (χ3v) is 2.68. The highest BCUT2D eigenvalue weighted by Gasteiger charge is 2.29. The van der Waals surface area contributed by atoms with Gasteiger partial charge in [-0.15, -0.1) is 19.7 Å². The summed E-state index contributed by atoms with van der Waals surface area (Å²) >= 11 is 0. The second-order valence-electron chi connectivity index (χ2n) is 4.26. The van der Waals surface area contributed by atoms with Gasteiger partial charge >= 0.3 is 0 Å². The van der Waals surface area contributed by atoms with Crippen LogP contribution in [0.3, 0.4) is 0 Å².